The molecule has 0 aliphatic carbocycles. The summed E-state index contributed by atoms with van der Waals surface area (Å²) < 4.78 is 0. The fourth-order valence-electron chi connectivity index (χ4n) is 1.27. The molecule has 1 aliphatic heterocycles. The van der Waals surface area contributed by atoms with Gasteiger partial charge >= 0.3 is 0 Å². The fourth-order valence-corrected chi connectivity index (χ4v) is 1.27. The van der Waals surface area contributed by atoms with Gasteiger partial charge in [-0.2, -0.15) is 5.26 Å². The molecule has 0 bridgehead atoms. The molecule has 1 heterocycles. The highest BCUT2D eigenvalue weighted by atomic mass is 16.3. The van der Waals surface area contributed by atoms with Crippen LogP contribution in [0.5, 0.6) is 0 Å². The summed E-state index contributed by atoms with van der Waals surface area (Å²) in [6.45, 7) is 7.32. The summed E-state index contributed by atoms with van der Waals surface area (Å²) in [6.07, 6.45) is 0. The summed E-state index contributed by atoms with van der Waals surface area (Å²) in [6, 6.07) is 2.08. The number of nitriles is 1. The lowest BCUT2D eigenvalue weighted by molar-refractivity contribution is 0.264. The van der Waals surface area contributed by atoms with Crippen LogP contribution in [0.1, 0.15) is 13.8 Å². The maximum atomic E-state index is 9.60. The lowest BCUT2D eigenvalue weighted by Crippen LogP contribution is -2.23. The van der Waals surface area contributed by atoms with E-state index in [1.54, 1.807) is 14.0 Å². The molecule has 0 saturated heterocycles. The maximum Gasteiger partial charge on any atom is 0.194 e. The number of rotatable bonds is 0. The SMILES string of the molecule is C=C1C(C#N)=C(C)C(C)=C(O)N1C. The normalized spacial score (nSPS) is 18.0. The number of aliphatic hydroxyl groups is 1. The Morgan fingerprint density at radius 3 is 2.38 bits per heavy atom. The van der Waals surface area contributed by atoms with E-state index in [0.717, 1.165) is 11.1 Å². The average molecular weight is 176 g/mol. The van der Waals surface area contributed by atoms with E-state index in [1.807, 2.05) is 6.92 Å². The van der Waals surface area contributed by atoms with Crippen LogP contribution in [-0.2, 0) is 0 Å². The first-order chi connectivity index (χ1) is 6.00. The smallest absolute Gasteiger partial charge is 0.194 e. The number of hydrogen-bond donors (Lipinski definition) is 1. The maximum absolute atomic E-state index is 9.60. The van der Waals surface area contributed by atoms with Crippen molar-refractivity contribution >= 4 is 0 Å². The van der Waals surface area contributed by atoms with Crippen LogP contribution in [0, 0.1) is 11.3 Å². The van der Waals surface area contributed by atoms with E-state index in [9.17, 15) is 5.11 Å². The van der Waals surface area contributed by atoms with E-state index in [1.165, 1.54) is 4.90 Å². The minimum absolute atomic E-state index is 0.168. The summed E-state index contributed by atoms with van der Waals surface area (Å²) in [4.78, 5) is 1.51. The second kappa shape index (κ2) is 2.98. The molecule has 0 amide bonds. The summed E-state index contributed by atoms with van der Waals surface area (Å²) in [5.41, 5.74) is 2.61. The highest BCUT2D eigenvalue weighted by molar-refractivity contribution is 5.53. The van der Waals surface area contributed by atoms with E-state index in [2.05, 4.69) is 12.6 Å². The molecule has 3 nitrogen and oxygen atoms in total. The third-order valence-electron chi connectivity index (χ3n) is 2.40. The summed E-state index contributed by atoms with van der Waals surface area (Å²) >= 11 is 0. The number of nitrogens with zero attached hydrogens (tertiary/aromatic N) is 2. The van der Waals surface area contributed by atoms with Crippen LogP contribution in [-0.4, -0.2) is 17.1 Å². The van der Waals surface area contributed by atoms with Gasteiger partial charge in [0, 0.05) is 12.6 Å². The molecular weight excluding hydrogens is 164 g/mol. The zero-order chi connectivity index (χ0) is 10.2. The standard InChI is InChI=1S/C10H12N2O/c1-6-7(2)10(13)12(4)8(3)9(6)5-11/h13H,3H2,1-2,4H3. The Labute approximate surface area is 77.9 Å². The van der Waals surface area contributed by atoms with Gasteiger partial charge < -0.3 is 10.0 Å². The molecule has 0 fully saturated rings. The second-order valence-corrected chi connectivity index (χ2v) is 3.07. The lowest BCUT2D eigenvalue weighted by atomic mass is 9.98. The van der Waals surface area contributed by atoms with Crippen molar-refractivity contribution in [2.24, 2.45) is 0 Å². The molecular formula is C10H12N2O. The minimum atomic E-state index is 0.168. The van der Waals surface area contributed by atoms with Gasteiger partial charge in [-0.3, -0.25) is 0 Å². The van der Waals surface area contributed by atoms with Gasteiger partial charge in [-0.15, -0.1) is 0 Å². The molecule has 0 spiro atoms. The van der Waals surface area contributed by atoms with Crippen LogP contribution >= 0.6 is 0 Å². The Bertz CT molecular complexity index is 369. The van der Waals surface area contributed by atoms with Gasteiger partial charge in [0.15, 0.2) is 5.88 Å². The number of allylic oxidation sites excluding steroid dienone is 3. The lowest BCUT2D eigenvalue weighted by Gasteiger charge is -2.27. The third-order valence-corrected chi connectivity index (χ3v) is 2.40. The molecule has 1 N–H and O–H groups in total. The minimum Gasteiger partial charge on any atom is -0.494 e. The first-order valence-corrected chi connectivity index (χ1v) is 3.95. The monoisotopic (exact) mass is 176 g/mol. The zero-order valence-corrected chi connectivity index (χ0v) is 8.05. The number of hydrogen-bond acceptors (Lipinski definition) is 3. The first kappa shape index (κ1) is 9.40. The zero-order valence-electron chi connectivity index (χ0n) is 8.05. The molecule has 0 aromatic carbocycles. The van der Waals surface area contributed by atoms with Crippen LogP contribution < -0.4 is 0 Å². The van der Waals surface area contributed by atoms with Crippen molar-refractivity contribution < 1.29 is 5.11 Å². The van der Waals surface area contributed by atoms with Gasteiger partial charge in [-0.1, -0.05) is 6.58 Å². The largest absolute Gasteiger partial charge is 0.494 e. The Morgan fingerprint density at radius 2 is 1.92 bits per heavy atom. The van der Waals surface area contributed by atoms with E-state index in [0.29, 0.717) is 11.3 Å². The van der Waals surface area contributed by atoms with E-state index in [-0.39, 0.29) is 5.88 Å². The highest BCUT2D eigenvalue weighted by Gasteiger charge is 2.22. The average Bonchev–Trinajstić information content (AvgIpc) is 2.13. The molecule has 0 saturated carbocycles. The Morgan fingerprint density at radius 1 is 1.38 bits per heavy atom. The number of likely N-dealkylation sites (N-methyl/N-ethyl adjacent to an activating group) is 1. The summed E-state index contributed by atoms with van der Waals surface area (Å²) in [7, 11) is 1.69. The van der Waals surface area contributed by atoms with Crippen molar-refractivity contribution in [3.8, 4) is 6.07 Å². The van der Waals surface area contributed by atoms with Crippen molar-refractivity contribution in [3.05, 3.63) is 34.9 Å². The van der Waals surface area contributed by atoms with Gasteiger partial charge in [-0.05, 0) is 19.4 Å². The van der Waals surface area contributed by atoms with Gasteiger partial charge in [0.25, 0.3) is 0 Å². The first-order valence-electron chi connectivity index (χ1n) is 3.95. The van der Waals surface area contributed by atoms with Crippen LogP contribution in [0.2, 0.25) is 0 Å². The van der Waals surface area contributed by atoms with E-state index >= 15 is 0 Å². The van der Waals surface area contributed by atoms with Crippen LogP contribution in [0.4, 0.5) is 0 Å². The molecule has 68 valence electrons. The Kier molecular flexibility index (Phi) is 2.16. The van der Waals surface area contributed by atoms with Crippen molar-refractivity contribution in [3.63, 3.8) is 0 Å². The predicted molar refractivity (Wildman–Crippen MR) is 50.5 cm³/mol. The molecule has 0 unspecified atom stereocenters. The quantitative estimate of drug-likeness (QED) is 0.614. The van der Waals surface area contributed by atoms with Crippen LogP contribution in [0.25, 0.3) is 0 Å². The topological polar surface area (TPSA) is 47.3 Å². The van der Waals surface area contributed by atoms with Gasteiger partial charge in [0.2, 0.25) is 0 Å². The summed E-state index contributed by atoms with van der Waals surface area (Å²) in [5, 5.41) is 18.5. The van der Waals surface area contributed by atoms with Crippen molar-refractivity contribution in [2.45, 2.75) is 13.8 Å². The molecule has 1 rings (SSSR count). The Hall–Kier alpha value is -1.69. The molecule has 0 aromatic rings. The molecule has 0 aromatic heterocycles. The fraction of sp³-hybridized carbons (Fsp3) is 0.300. The molecule has 0 radical (unpaired) electrons. The molecule has 3 heteroatoms. The van der Waals surface area contributed by atoms with Crippen LogP contribution in [0.15, 0.2) is 34.9 Å². The van der Waals surface area contributed by atoms with Crippen molar-refractivity contribution in [2.75, 3.05) is 7.05 Å². The van der Waals surface area contributed by atoms with Crippen LogP contribution in [0.3, 0.4) is 0 Å². The van der Waals surface area contributed by atoms with E-state index in [4.69, 9.17) is 5.26 Å². The van der Waals surface area contributed by atoms with Crippen molar-refractivity contribution in [1.29, 1.82) is 5.26 Å². The highest BCUT2D eigenvalue weighted by Crippen LogP contribution is 2.30. The molecule has 0 atom stereocenters. The predicted octanol–water partition coefficient (Wildman–Crippen LogP) is 2.08. The third kappa shape index (κ3) is 1.20. The van der Waals surface area contributed by atoms with Gasteiger partial charge in [-0.25, -0.2) is 0 Å². The molecule has 1 aliphatic rings. The van der Waals surface area contributed by atoms with E-state index < -0.39 is 0 Å². The van der Waals surface area contributed by atoms with Gasteiger partial charge in [0.1, 0.15) is 6.07 Å². The van der Waals surface area contributed by atoms with Crippen molar-refractivity contribution in [1.82, 2.24) is 4.90 Å². The van der Waals surface area contributed by atoms with Gasteiger partial charge in [0.05, 0.1) is 11.3 Å². The second-order valence-electron chi connectivity index (χ2n) is 3.07. The Balaban J connectivity index is 3.38. The number of aliphatic hydroxyl groups excluding tert-OH is 1. The summed E-state index contributed by atoms with van der Waals surface area (Å²) in [5.74, 6) is 0.168. The molecule has 13 heavy (non-hydrogen) atoms.